The van der Waals surface area contributed by atoms with Gasteiger partial charge in [0.1, 0.15) is 5.75 Å². The second-order valence-corrected chi connectivity index (χ2v) is 2.86. The highest BCUT2D eigenvalue weighted by atomic mass is 35.5. The maximum Gasteiger partial charge on any atom is 0.238 e. The Bertz CT molecular complexity index is 377. The zero-order chi connectivity index (χ0) is 10.6. The zero-order valence-electron chi connectivity index (χ0n) is 7.33. The van der Waals surface area contributed by atoms with Crippen molar-refractivity contribution in [1.29, 1.82) is 0 Å². The fourth-order valence-corrected chi connectivity index (χ4v) is 1.22. The van der Waals surface area contributed by atoms with Crippen LogP contribution in [0.5, 0.6) is 5.75 Å². The monoisotopic (exact) mass is 215 g/mol. The summed E-state index contributed by atoms with van der Waals surface area (Å²) in [5.41, 5.74) is 0.194. The van der Waals surface area contributed by atoms with Crippen LogP contribution in [-0.4, -0.2) is 13.2 Å². The molecule has 0 N–H and O–H groups in total. The SMILES string of the molecule is COc1ccc(C(F)N=C=O)cc1Cl. The minimum Gasteiger partial charge on any atom is -0.495 e. The average Bonchev–Trinajstić information content (AvgIpc) is 2.18. The standard InChI is InChI=1S/C9H7ClFNO2/c1-14-8-3-2-6(4-7(8)10)9(11)12-5-13/h2-4,9H,1H3. The van der Waals surface area contributed by atoms with Gasteiger partial charge in [-0.3, -0.25) is 0 Å². The molecule has 0 aliphatic heterocycles. The van der Waals surface area contributed by atoms with Crippen molar-refractivity contribution in [1.82, 2.24) is 0 Å². The second-order valence-electron chi connectivity index (χ2n) is 2.45. The molecule has 0 radical (unpaired) electrons. The Labute approximate surface area is 85.2 Å². The van der Waals surface area contributed by atoms with Crippen molar-refractivity contribution in [2.75, 3.05) is 7.11 Å². The van der Waals surface area contributed by atoms with E-state index in [4.69, 9.17) is 16.3 Å². The van der Waals surface area contributed by atoms with E-state index in [-0.39, 0.29) is 10.6 Å². The molecule has 1 aromatic carbocycles. The van der Waals surface area contributed by atoms with Crippen LogP contribution >= 0.6 is 11.6 Å². The van der Waals surface area contributed by atoms with E-state index in [0.717, 1.165) is 6.08 Å². The van der Waals surface area contributed by atoms with Gasteiger partial charge in [0.05, 0.1) is 12.1 Å². The van der Waals surface area contributed by atoms with Crippen molar-refractivity contribution in [3.63, 3.8) is 0 Å². The molecule has 0 heterocycles. The lowest BCUT2D eigenvalue weighted by molar-refractivity contribution is 0.355. The number of ether oxygens (including phenoxy) is 1. The number of hydrogen-bond acceptors (Lipinski definition) is 3. The number of methoxy groups -OCH3 is 1. The van der Waals surface area contributed by atoms with Gasteiger partial charge in [-0.2, -0.15) is 4.99 Å². The number of alkyl halides is 1. The molecular formula is C9H7ClFNO2. The Morgan fingerprint density at radius 1 is 1.64 bits per heavy atom. The summed E-state index contributed by atoms with van der Waals surface area (Å²) in [6, 6.07) is 4.30. The van der Waals surface area contributed by atoms with Gasteiger partial charge in [0.15, 0.2) is 0 Å². The van der Waals surface area contributed by atoms with Crippen LogP contribution in [0.15, 0.2) is 23.2 Å². The number of halogens is 2. The first-order chi connectivity index (χ1) is 6.69. The lowest BCUT2D eigenvalue weighted by atomic mass is 10.2. The van der Waals surface area contributed by atoms with Gasteiger partial charge in [-0.15, -0.1) is 0 Å². The summed E-state index contributed by atoms with van der Waals surface area (Å²) in [5, 5.41) is 0.272. The van der Waals surface area contributed by atoms with Gasteiger partial charge in [0.25, 0.3) is 0 Å². The smallest absolute Gasteiger partial charge is 0.238 e. The van der Waals surface area contributed by atoms with Gasteiger partial charge in [-0.25, -0.2) is 9.18 Å². The van der Waals surface area contributed by atoms with Gasteiger partial charge in [-0.05, 0) is 12.1 Å². The molecule has 0 amide bonds. The summed E-state index contributed by atoms with van der Waals surface area (Å²) in [5.74, 6) is 0.442. The van der Waals surface area contributed by atoms with Gasteiger partial charge < -0.3 is 4.74 Å². The first-order valence-electron chi connectivity index (χ1n) is 3.73. The number of aliphatic imine (C=N–C) groups is 1. The minimum absolute atomic E-state index is 0.194. The summed E-state index contributed by atoms with van der Waals surface area (Å²) in [7, 11) is 1.46. The van der Waals surface area contributed by atoms with Crippen LogP contribution < -0.4 is 4.74 Å². The van der Waals surface area contributed by atoms with Gasteiger partial charge in [0, 0.05) is 5.56 Å². The molecule has 1 aromatic rings. The van der Waals surface area contributed by atoms with Crippen molar-refractivity contribution in [3.05, 3.63) is 28.8 Å². The molecule has 0 bridgehead atoms. The predicted octanol–water partition coefficient (Wildman–Crippen LogP) is 2.65. The summed E-state index contributed by atoms with van der Waals surface area (Å²) in [6.07, 6.45) is -0.586. The number of nitrogens with zero attached hydrogens (tertiary/aromatic N) is 1. The van der Waals surface area contributed by atoms with Crippen LogP contribution in [0.4, 0.5) is 4.39 Å². The average molecular weight is 216 g/mol. The lowest BCUT2D eigenvalue weighted by Gasteiger charge is -2.05. The van der Waals surface area contributed by atoms with E-state index in [1.807, 2.05) is 0 Å². The molecule has 0 saturated heterocycles. The number of isocyanates is 1. The molecule has 0 spiro atoms. The highest BCUT2D eigenvalue weighted by Crippen LogP contribution is 2.29. The van der Waals surface area contributed by atoms with E-state index in [9.17, 15) is 9.18 Å². The van der Waals surface area contributed by atoms with Crippen molar-refractivity contribution >= 4 is 17.7 Å². The Morgan fingerprint density at radius 3 is 2.86 bits per heavy atom. The fourth-order valence-electron chi connectivity index (χ4n) is 0.952. The van der Waals surface area contributed by atoms with Crippen LogP contribution in [0.1, 0.15) is 11.9 Å². The molecule has 0 saturated carbocycles. The normalized spacial score (nSPS) is 11.6. The first kappa shape index (κ1) is 10.7. The number of rotatable bonds is 3. The molecule has 1 atom stereocenters. The molecule has 0 aliphatic rings. The van der Waals surface area contributed by atoms with Crippen molar-refractivity contribution in [3.8, 4) is 5.75 Å². The third-order valence-electron chi connectivity index (χ3n) is 1.62. The molecule has 0 aliphatic carbocycles. The van der Waals surface area contributed by atoms with Gasteiger partial charge in [-0.1, -0.05) is 17.7 Å². The van der Waals surface area contributed by atoms with Crippen molar-refractivity contribution in [2.24, 2.45) is 4.99 Å². The summed E-state index contributed by atoms with van der Waals surface area (Å²) < 4.78 is 17.9. The van der Waals surface area contributed by atoms with E-state index in [2.05, 4.69) is 4.99 Å². The van der Waals surface area contributed by atoms with Gasteiger partial charge in [0.2, 0.25) is 12.4 Å². The maximum absolute atomic E-state index is 13.0. The predicted molar refractivity (Wildman–Crippen MR) is 50.0 cm³/mol. The molecular weight excluding hydrogens is 209 g/mol. The Balaban J connectivity index is 3.01. The van der Waals surface area contributed by atoms with Crippen LogP contribution in [0, 0.1) is 0 Å². The highest BCUT2D eigenvalue weighted by Gasteiger charge is 2.10. The van der Waals surface area contributed by atoms with E-state index in [1.165, 1.54) is 25.3 Å². The highest BCUT2D eigenvalue weighted by molar-refractivity contribution is 6.32. The second kappa shape index (κ2) is 4.74. The molecule has 0 fully saturated rings. The molecule has 3 nitrogen and oxygen atoms in total. The first-order valence-corrected chi connectivity index (χ1v) is 4.11. The van der Waals surface area contributed by atoms with Crippen LogP contribution in [0.2, 0.25) is 5.02 Å². The lowest BCUT2D eigenvalue weighted by Crippen LogP contribution is -1.90. The third kappa shape index (κ3) is 2.31. The van der Waals surface area contributed by atoms with Crippen LogP contribution in [0.3, 0.4) is 0 Å². The molecule has 1 rings (SSSR count). The number of carbonyl (C=O) groups excluding carboxylic acids is 1. The Morgan fingerprint density at radius 2 is 2.36 bits per heavy atom. The van der Waals surface area contributed by atoms with Gasteiger partial charge >= 0.3 is 0 Å². The topological polar surface area (TPSA) is 38.7 Å². The fraction of sp³-hybridized carbons (Fsp3) is 0.222. The summed E-state index contributed by atoms with van der Waals surface area (Å²) >= 11 is 5.74. The van der Waals surface area contributed by atoms with Crippen LogP contribution in [-0.2, 0) is 4.79 Å². The van der Waals surface area contributed by atoms with E-state index in [0.29, 0.717) is 5.75 Å². The minimum atomic E-state index is -1.73. The van der Waals surface area contributed by atoms with Crippen molar-refractivity contribution in [2.45, 2.75) is 6.30 Å². The molecule has 14 heavy (non-hydrogen) atoms. The molecule has 5 heteroatoms. The Kier molecular flexibility index (Phi) is 3.63. The van der Waals surface area contributed by atoms with E-state index < -0.39 is 6.30 Å². The van der Waals surface area contributed by atoms with E-state index >= 15 is 0 Å². The molecule has 1 unspecified atom stereocenters. The van der Waals surface area contributed by atoms with Crippen LogP contribution in [0.25, 0.3) is 0 Å². The Hall–Kier alpha value is -1.38. The summed E-state index contributed by atoms with van der Waals surface area (Å²) in [4.78, 5) is 12.7. The quantitative estimate of drug-likeness (QED) is 0.442. The zero-order valence-corrected chi connectivity index (χ0v) is 8.08. The number of hydrogen-bond donors (Lipinski definition) is 0. The third-order valence-corrected chi connectivity index (χ3v) is 1.91. The number of benzene rings is 1. The molecule has 74 valence electrons. The van der Waals surface area contributed by atoms with Crippen molar-refractivity contribution < 1.29 is 13.9 Å². The summed E-state index contributed by atoms with van der Waals surface area (Å²) in [6.45, 7) is 0. The van der Waals surface area contributed by atoms with E-state index in [1.54, 1.807) is 0 Å². The maximum atomic E-state index is 13.0. The molecule has 0 aromatic heterocycles. The largest absolute Gasteiger partial charge is 0.495 e.